The number of hydrogen-bond acceptors (Lipinski definition) is 4. The van der Waals surface area contributed by atoms with Crippen molar-refractivity contribution in [3.8, 4) is 5.75 Å². The van der Waals surface area contributed by atoms with Crippen molar-refractivity contribution in [3.63, 3.8) is 0 Å². The molecule has 0 atom stereocenters. The highest BCUT2D eigenvalue weighted by atomic mass is 19.1. The van der Waals surface area contributed by atoms with Crippen LogP contribution in [0.15, 0.2) is 24.5 Å². The molecule has 0 unspecified atom stereocenters. The first-order valence-electron chi connectivity index (χ1n) is 3.40. The Labute approximate surface area is 75.3 Å². The zero-order valence-electron chi connectivity index (χ0n) is 7.14. The lowest BCUT2D eigenvalue weighted by Crippen LogP contribution is -1.88. The lowest BCUT2D eigenvalue weighted by Gasteiger charge is -1.96. The van der Waals surface area contributed by atoms with E-state index in [9.17, 15) is 4.39 Å². The number of carbonyl (C=O) groups is 1. The average Bonchev–Trinajstić information content (AvgIpc) is 2.20. The van der Waals surface area contributed by atoms with Gasteiger partial charge in [-0.25, -0.2) is 4.39 Å². The molecule has 0 aliphatic carbocycles. The van der Waals surface area contributed by atoms with E-state index in [0.29, 0.717) is 12.2 Å². The fourth-order valence-electron chi connectivity index (χ4n) is 0.495. The molecule has 0 amide bonds. The molecule has 0 aliphatic rings. The summed E-state index contributed by atoms with van der Waals surface area (Å²) in [4.78, 5) is 12.7. The summed E-state index contributed by atoms with van der Waals surface area (Å²) in [6.07, 6.45) is 3.06. The fraction of sp³-hybridized carbons (Fsp3) is 0.250. The molecule has 0 spiro atoms. The van der Waals surface area contributed by atoms with Crippen molar-refractivity contribution in [1.29, 1.82) is 0 Å². The topological polar surface area (TPSA) is 48.4 Å². The Morgan fingerprint density at radius 2 is 2.38 bits per heavy atom. The molecule has 0 saturated carbocycles. The molecule has 1 heterocycles. The molecule has 0 N–H and O–H groups in total. The molecule has 0 aromatic carbocycles. The second kappa shape index (κ2) is 8.45. The SMILES string of the molecule is COC=O.FCOc1cccnc1. The van der Waals surface area contributed by atoms with Crippen molar-refractivity contribution in [2.24, 2.45) is 0 Å². The predicted octanol–water partition coefficient (Wildman–Crippen LogP) is 1.18. The van der Waals surface area contributed by atoms with Gasteiger partial charge in [-0.05, 0) is 12.1 Å². The van der Waals surface area contributed by atoms with Crippen LogP contribution in [0.2, 0.25) is 0 Å². The maximum atomic E-state index is 11.4. The number of carbonyl (C=O) groups excluding carboxylic acids is 1. The molecule has 0 radical (unpaired) electrons. The van der Waals surface area contributed by atoms with E-state index in [4.69, 9.17) is 4.79 Å². The number of pyridine rings is 1. The Balaban J connectivity index is 0.000000310. The molecule has 0 aliphatic heterocycles. The van der Waals surface area contributed by atoms with Crippen molar-refractivity contribution in [2.45, 2.75) is 0 Å². The fourth-order valence-corrected chi connectivity index (χ4v) is 0.495. The second-order valence-corrected chi connectivity index (χ2v) is 1.77. The maximum Gasteiger partial charge on any atom is 0.292 e. The maximum absolute atomic E-state index is 11.4. The predicted molar refractivity (Wildman–Crippen MR) is 43.9 cm³/mol. The van der Waals surface area contributed by atoms with E-state index in [1.165, 1.54) is 13.3 Å². The number of alkyl halides is 1. The number of halogens is 1. The summed E-state index contributed by atoms with van der Waals surface area (Å²) in [5.41, 5.74) is 0. The molecule has 0 bridgehead atoms. The highest BCUT2D eigenvalue weighted by molar-refractivity contribution is 5.36. The Morgan fingerprint density at radius 3 is 2.77 bits per heavy atom. The Morgan fingerprint density at radius 1 is 1.69 bits per heavy atom. The van der Waals surface area contributed by atoms with Crippen LogP contribution >= 0.6 is 0 Å². The third-order valence-corrected chi connectivity index (χ3v) is 0.952. The summed E-state index contributed by atoms with van der Waals surface area (Å²) >= 11 is 0. The van der Waals surface area contributed by atoms with E-state index < -0.39 is 6.86 Å². The van der Waals surface area contributed by atoms with Gasteiger partial charge in [-0.2, -0.15) is 0 Å². The van der Waals surface area contributed by atoms with Crippen LogP contribution in [0.4, 0.5) is 4.39 Å². The second-order valence-electron chi connectivity index (χ2n) is 1.77. The van der Waals surface area contributed by atoms with Crippen LogP contribution in [0.25, 0.3) is 0 Å². The van der Waals surface area contributed by atoms with Crippen LogP contribution < -0.4 is 4.74 Å². The van der Waals surface area contributed by atoms with Crippen molar-refractivity contribution in [1.82, 2.24) is 4.98 Å². The van der Waals surface area contributed by atoms with Gasteiger partial charge in [0.15, 0.2) is 0 Å². The van der Waals surface area contributed by atoms with E-state index in [0.717, 1.165) is 0 Å². The van der Waals surface area contributed by atoms with E-state index in [1.54, 1.807) is 18.3 Å². The van der Waals surface area contributed by atoms with Gasteiger partial charge in [0.1, 0.15) is 5.75 Å². The van der Waals surface area contributed by atoms with Crippen molar-refractivity contribution >= 4 is 6.47 Å². The van der Waals surface area contributed by atoms with Crippen LogP contribution in [0.1, 0.15) is 0 Å². The number of methoxy groups -OCH3 is 1. The van der Waals surface area contributed by atoms with Gasteiger partial charge >= 0.3 is 0 Å². The minimum absolute atomic E-state index is 0.375. The number of rotatable bonds is 3. The Kier molecular flexibility index (Phi) is 7.37. The first kappa shape index (κ1) is 11.4. The molecular weight excluding hydrogens is 177 g/mol. The third kappa shape index (κ3) is 6.74. The number of aromatic nitrogens is 1. The first-order chi connectivity index (χ1) is 6.35. The summed E-state index contributed by atoms with van der Waals surface area (Å²) < 4.78 is 19.8. The highest BCUT2D eigenvalue weighted by Gasteiger charge is 1.86. The number of hydrogen-bond donors (Lipinski definition) is 0. The van der Waals surface area contributed by atoms with E-state index in [-0.39, 0.29) is 0 Å². The summed E-state index contributed by atoms with van der Waals surface area (Å²) in [6.45, 7) is -0.425. The first-order valence-corrected chi connectivity index (χ1v) is 3.40. The largest absolute Gasteiger partial charge is 0.471 e. The number of ether oxygens (including phenoxy) is 2. The van der Waals surface area contributed by atoms with Gasteiger partial charge in [0.2, 0.25) is 6.86 Å². The molecule has 5 heteroatoms. The van der Waals surface area contributed by atoms with Gasteiger partial charge in [0.05, 0.1) is 13.3 Å². The normalized spacial score (nSPS) is 7.85. The Bertz CT molecular complexity index is 218. The molecule has 4 nitrogen and oxygen atoms in total. The van der Waals surface area contributed by atoms with Crippen molar-refractivity contribution < 1.29 is 18.7 Å². The quantitative estimate of drug-likeness (QED) is 0.666. The van der Waals surface area contributed by atoms with E-state index in [1.807, 2.05) is 0 Å². The smallest absolute Gasteiger partial charge is 0.292 e. The summed E-state index contributed by atoms with van der Waals surface area (Å²) in [7, 11) is 1.31. The number of nitrogens with zero attached hydrogens (tertiary/aromatic N) is 1. The van der Waals surface area contributed by atoms with Crippen molar-refractivity contribution in [2.75, 3.05) is 14.0 Å². The molecule has 13 heavy (non-hydrogen) atoms. The minimum Gasteiger partial charge on any atom is -0.471 e. The van der Waals surface area contributed by atoms with Gasteiger partial charge in [-0.3, -0.25) is 9.78 Å². The van der Waals surface area contributed by atoms with E-state index >= 15 is 0 Å². The Hall–Kier alpha value is -1.65. The molecular formula is C8H10FNO3. The van der Waals surface area contributed by atoms with Gasteiger partial charge in [-0.15, -0.1) is 0 Å². The van der Waals surface area contributed by atoms with Crippen LogP contribution in [-0.4, -0.2) is 25.4 Å². The summed E-state index contributed by atoms with van der Waals surface area (Å²) in [6, 6.07) is 3.33. The minimum atomic E-state index is -0.800. The lowest BCUT2D eigenvalue weighted by molar-refractivity contribution is -0.126. The third-order valence-electron chi connectivity index (χ3n) is 0.952. The summed E-state index contributed by atoms with van der Waals surface area (Å²) in [5, 5.41) is 0. The molecule has 1 aromatic heterocycles. The van der Waals surface area contributed by atoms with Crippen LogP contribution in [0.3, 0.4) is 0 Å². The zero-order chi connectivity index (χ0) is 9.94. The van der Waals surface area contributed by atoms with Gasteiger partial charge in [-0.1, -0.05) is 0 Å². The van der Waals surface area contributed by atoms with Crippen LogP contribution in [0, 0.1) is 0 Å². The van der Waals surface area contributed by atoms with Crippen LogP contribution in [0.5, 0.6) is 5.75 Å². The average molecular weight is 187 g/mol. The van der Waals surface area contributed by atoms with Crippen molar-refractivity contribution in [3.05, 3.63) is 24.5 Å². The summed E-state index contributed by atoms with van der Waals surface area (Å²) in [5.74, 6) is 0.458. The molecule has 72 valence electrons. The van der Waals surface area contributed by atoms with Crippen LogP contribution in [-0.2, 0) is 9.53 Å². The van der Waals surface area contributed by atoms with E-state index in [2.05, 4.69) is 14.5 Å². The monoisotopic (exact) mass is 187 g/mol. The highest BCUT2D eigenvalue weighted by Crippen LogP contribution is 2.04. The molecule has 0 fully saturated rings. The zero-order valence-corrected chi connectivity index (χ0v) is 7.14. The molecule has 1 aromatic rings. The molecule has 0 saturated heterocycles. The molecule has 1 rings (SSSR count). The standard InChI is InChI=1S/C6H6FNO.C2H4O2/c7-5-9-6-2-1-3-8-4-6;1-4-2-3/h1-4H,5H2;2H,1H3. The lowest BCUT2D eigenvalue weighted by atomic mass is 10.5. The van der Waals surface area contributed by atoms with Gasteiger partial charge < -0.3 is 9.47 Å². The van der Waals surface area contributed by atoms with Gasteiger partial charge in [0.25, 0.3) is 6.47 Å². The van der Waals surface area contributed by atoms with Gasteiger partial charge in [0, 0.05) is 6.20 Å².